The van der Waals surface area contributed by atoms with Gasteiger partial charge in [-0.3, -0.25) is 0 Å². The summed E-state index contributed by atoms with van der Waals surface area (Å²) in [6.45, 7) is 0. The van der Waals surface area contributed by atoms with Crippen LogP contribution in [0.2, 0.25) is 0 Å². The third-order valence-corrected chi connectivity index (χ3v) is 4.23. The lowest BCUT2D eigenvalue weighted by Gasteiger charge is -2.09. The second-order valence-electron chi connectivity index (χ2n) is 4.61. The number of ether oxygens (including phenoxy) is 2. The lowest BCUT2D eigenvalue weighted by molar-refractivity contribution is 0.400. The number of imidazole rings is 1. The van der Waals surface area contributed by atoms with Crippen molar-refractivity contribution in [2.24, 2.45) is 0 Å². The van der Waals surface area contributed by atoms with Gasteiger partial charge in [-0.2, -0.15) is 0 Å². The Morgan fingerprint density at radius 2 is 2.05 bits per heavy atom. The predicted molar refractivity (Wildman–Crippen MR) is 83.9 cm³/mol. The zero-order valence-electron chi connectivity index (χ0n) is 12.4. The minimum absolute atomic E-state index is 0.457. The van der Waals surface area contributed by atoms with Crippen molar-refractivity contribution in [2.75, 3.05) is 20.5 Å². The number of hydrogen-bond acceptors (Lipinski definition) is 5. The monoisotopic (exact) mass is 317 g/mol. The fraction of sp³-hybridized carbons (Fsp3) is 0.200. The van der Waals surface area contributed by atoms with Gasteiger partial charge >= 0.3 is 0 Å². The Kier molecular flexibility index (Phi) is 3.91. The number of hydrogen-bond donors (Lipinski definition) is 0. The van der Waals surface area contributed by atoms with Crippen molar-refractivity contribution in [1.82, 2.24) is 14.4 Å². The van der Waals surface area contributed by atoms with Crippen LogP contribution in [0.1, 0.15) is 0 Å². The molecule has 0 amide bonds. The molecule has 0 aliphatic heterocycles. The highest BCUT2D eigenvalue weighted by Crippen LogP contribution is 2.32. The minimum Gasteiger partial charge on any atom is -0.612 e. The zero-order chi connectivity index (χ0) is 15.7. The molecule has 0 N–H and O–H groups in total. The zero-order valence-corrected chi connectivity index (χ0v) is 13.3. The molecule has 3 rings (SSSR count). The van der Waals surface area contributed by atoms with E-state index in [1.807, 2.05) is 22.7 Å². The summed E-state index contributed by atoms with van der Waals surface area (Å²) in [7, 11) is 3.14. The smallest absolute Gasteiger partial charge is 0.258 e. The molecule has 1 atom stereocenters. The maximum absolute atomic E-state index is 11.6. The van der Waals surface area contributed by atoms with Crippen molar-refractivity contribution in [3.63, 3.8) is 0 Å². The van der Waals surface area contributed by atoms with E-state index >= 15 is 0 Å². The first-order valence-electron chi connectivity index (χ1n) is 6.53. The lowest BCUT2D eigenvalue weighted by atomic mass is 10.1. The summed E-state index contributed by atoms with van der Waals surface area (Å²) in [5.74, 6) is 1.09. The van der Waals surface area contributed by atoms with Crippen molar-refractivity contribution >= 4 is 16.8 Å². The maximum atomic E-state index is 11.6. The number of aromatic nitrogens is 3. The van der Waals surface area contributed by atoms with Crippen molar-refractivity contribution in [3.8, 4) is 22.9 Å². The first kappa shape index (κ1) is 14.7. The van der Waals surface area contributed by atoms with E-state index in [4.69, 9.17) is 9.47 Å². The van der Waals surface area contributed by atoms with E-state index in [-0.39, 0.29) is 0 Å². The van der Waals surface area contributed by atoms with E-state index in [2.05, 4.69) is 9.97 Å². The van der Waals surface area contributed by atoms with Crippen LogP contribution < -0.4 is 9.47 Å². The van der Waals surface area contributed by atoms with E-state index in [1.165, 1.54) is 0 Å². The quantitative estimate of drug-likeness (QED) is 0.690. The summed E-state index contributed by atoms with van der Waals surface area (Å²) < 4.78 is 24.1. The molecular weight excluding hydrogens is 302 g/mol. The van der Waals surface area contributed by atoms with Gasteiger partial charge in [0, 0.05) is 30.2 Å². The molecule has 0 fully saturated rings. The summed E-state index contributed by atoms with van der Waals surface area (Å²) in [6, 6.07) is 5.44. The van der Waals surface area contributed by atoms with E-state index in [1.54, 1.807) is 38.9 Å². The molecule has 1 unspecified atom stereocenters. The molecule has 2 heterocycles. The normalized spacial score (nSPS) is 12.4. The van der Waals surface area contributed by atoms with Gasteiger partial charge < -0.3 is 18.4 Å². The standard InChI is InChI=1S/C15H15N3O3S/c1-20-13-8-10(22(3)19)4-5-11(13)12-9-18-7-6-16-15(21-2)14(18)17-12/h4-9H,1-3H3. The Bertz CT molecular complexity index is 817. The van der Waals surface area contributed by atoms with Gasteiger partial charge in [-0.15, -0.1) is 0 Å². The molecule has 0 spiro atoms. The van der Waals surface area contributed by atoms with Crippen LogP contribution >= 0.6 is 0 Å². The van der Waals surface area contributed by atoms with Crippen molar-refractivity contribution in [2.45, 2.75) is 4.90 Å². The second kappa shape index (κ2) is 5.86. The third-order valence-electron chi connectivity index (χ3n) is 3.32. The van der Waals surface area contributed by atoms with Crippen LogP contribution in [-0.4, -0.2) is 39.4 Å². The lowest BCUT2D eigenvalue weighted by Crippen LogP contribution is -1.98. The second-order valence-corrected chi connectivity index (χ2v) is 5.99. The highest BCUT2D eigenvalue weighted by Gasteiger charge is 2.15. The summed E-state index contributed by atoms with van der Waals surface area (Å²) in [6.07, 6.45) is 6.96. The summed E-state index contributed by atoms with van der Waals surface area (Å²) in [5.41, 5.74) is 2.18. The molecule has 22 heavy (non-hydrogen) atoms. The minimum atomic E-state index is -1.06. The molecule has 0 bridgehead atoms. The molecule has 6 nitrogen and oxygen atoms in total. The first-order chi connectivity index (χ1) is 10.6. The highest BCUT2D eigenvalue weighted by molar-refractivity contribution is 7.90. The van der Waals surface area contributed by atoms with E-state index in [0.717, 1.165) is 11.3 Å². The SMILES string of the molecule is COc1cc([S+](C)[O-])ccc1-c1cn2ccnc(OC)c2n1. The Balaban J connectivity index is 2.15. The van der Waals surface area contributed by atoms with Crippen LogP contribution in [0.5, 0.6) is 11.6 Å². The number of benzene rings is 1. The Hall–Kier alpha value is -2.25. The van der Waals surface area contributed by atoms with E-state index < -0.39 is 11.2 Å². The predicted octanol–water partition coefficient (Wildman–Crippen LogP) is 2.15. The van der Waals surface area contributed by atoms with Crippen molar-refractivity contribution in [1.29, 1.82) is 0 Å². The molecule has 1 aromatic carbocycles. The van der Waals surface area contributed by atoms with Gasteiger partial charge in [0.1, 0.15) is 12.0 Å². The maximum Gasteiger partial charge on any atom is 0.258 e. The van der Waals surface area contributed by atoms with Crippen LogP contribution in [0.15, 0.2) is 41.7 Å². The van der Waals surface area contributed by atoms with Gasteiger partial charge in [0.15, 0.2) is 4.90 Å². The van der Waals surface area contributed by atoms with Crippen molar-refractivity contribution in [3.05, 3.63) is 36.8 Å². The van der Waals surface area contributed by atoms with Crippen LogP contribution in [-0.2, 0) is 11.2 Å². The summed E-state index contributed by atoms with van der Waals surface area (Å²) in [4.78, 5) is 9.40. The van der Waals surface area contributed by atoms with Gasteiger partial charge in [0.25, 0.3) is 5.88 Å². The highest BCUT2D eigenvalue weighted by atomic mass is 32.2. The number of nitrogens with zero attached hydrogens (tertiary/aromatic N) is 3. The van der Waals surface area contributed by atoms with Gasteiger partial charge in [-0.05, 0) is 23.3 Å². The number of methoxy groups -OCH3 is 2. The van der Waals surface area contributed by atoms with Gasteiger partial charge in [0.2, 0.25) is 5.65 Å². The fourth-order valence-corrected chi connectivity index (χ4v) is 2.76. The first-order valence-corrected chi connectivity index (χ1v) is 8.09. The molecule has 0 aliphatic carbocycles. The Morgan fingerprint density at radius 1 is 1.23 bits per heavy atom. The topological polar surface area (TPSA) is 71.7 Å². The third kappa shape index (κ3) is 2.49. The van der Waals surface area contributed by atoms with Gasteiger partial charge in [-0.1, -0.05) is 0 Å². The fourth-order valence-electron chi connectivity index (χ4n) is 2.23. The molecule has 0 saturated carbocycles. The molecule has 2 aromatic heterocycles. The van der Waals surface area contributed by atoms with E-state index in [9.17, 15) is 4.55 Å². The van der Waals surface area contributed by atoms with E-state index in [0.29, 0.717) is 22.2 Å². The van der Waals surface area contributed by atoms with Gasteiger partial charge in [0.05, 0.1) is 19.9 Å². The average molecular weight is 317 g/mol. The van der Waals surface area contributed by atoms with Crippen LogP contribution in [0.25, 0.3) is 16.9 Å². The molecule has 7 heteroatoms. The van der Waals surface area contributed by atoms with Crippen LogP contribution in [0.4, 0.5) is 0 Å². The molecule has 0 radical (unpaired) electrons. The van der Waals surface area contributed by atoms with Crippen LogP contribution in [0.3, 0.4) is 0 Å². The molecular formula is C15H15N3O3S. The average Bonchev–Trinajstić information content (AvgIpc) is 2.97. The molecule has 0 aliphatic rings. The molecule has 114 valence electrons. The van der Waals surface area contributed by atoms with Gasteiger partial charge in [-0.25, -0.2) is 9.97 Å². The molecule has 3 aromatic rings. The summed E-state index contributed by atoms with van der Waals surface area (Å²) >= 11 is -1.06. The van der Waals surface area contributed by atoms with Crippen molar-refractivity contribution < 1.29 is 14.0 Å². The largest absolute Gasteiger partial charge is 0.612 e. The number of fused-ring (bicyclic) bond motifs is 1. The van der Waals surface area contributed by atoms with Crippen LogP contribution in [0, 0.1) is 0 Å². The Morgan fingerprint density at radius 3 is 2.73 bits per heavy atom. The number of rotatable bonds is 4. The molecule has 0 saturated heterocycles. The Labute approximate surface area is 130 Å². The summed E-state index contributed by atoms with van der Waals surface area (Å²) in [5, 5.41) is 0.